The fraction of sp³-hybridized carbons (Fsp3) is 0.294. The number of hydrogen-bond donors (Lipinski definition) is 1. The van der Waals surface area contributed by atoms with E-state index in [0.717, 1.165) is 28.5 Å². The first kappa shape index (κ1) is 15.6. The minimum atomic E-state index is -0.757. The highest BCUT2D eigenvalue weighted by Gasteiger charge is 2.06. The number of carbonyl (C=O) groups excluding carboxylic acids is 1. The number of carbonyl (C=O) groups is 2. The Bertz CT molecular complexity index is 637. The van der Waals surface area contributed by atoms with Crippen LogP contribution in [0.25, 0.3) is 10.8 Å². The summed E-state index contributed by atoms with van der Waals surface area (Å²) >= 11 is 1.57. The SMILES string of the molecule is O=C(O)CCCCSCC(=O)c1ccc2ccccc2c1. The van der Waals surface area contributed by atoms with Gasteiger partial charge in [-0.05, 0) is 35.4 Å². The van der Waals surface area contributed by atoms with E-state index in [1.54, 1.807) is 11.8 Å². The van der Waals surface area contributed by atoms with E-state index in [1.807, 2.05) is 42.5 Å². The minimum Gasteiger partial charge on any atom is -0.481 e. The van der Waals surface area contributed by atoms with Gasteiger partial charge < -0.3 is 5.11 Å². The third-order valence-corrected chi connectivity index (χ3v) is 4.28. The highest BCUT2D eigenvalue weighted by atomic mass is 32.2. The average molecular weight is 302 g/mol. The van der Waals surface area contributed by atoms with Crippen molar-refractivity contribution in [3.8, 4) is 0 Å². The van der Waals surface area contributed by atoms with Crippen LogP contribution in [0.3, 0.4) is 0 Å². The summed E-state index contributed by atoms with van der Waals surface area (Å²) in [5, 5.41) is 10.7. The molecule has 0 radical (unpaired) electrons. The van der Waals surface area contributed by atoms with E-state index in [1.165, 1.54) is 0 Å². The lowest BCUT2D eigenvalue weighted by Gasteiger charge is -2.03. The van der Waals surface area contributed by atoms with Crippen molar-refractivity contribution in [1.82, 2.24) is 0 Å². The number of carboxylic acids is 1. The van der Waals surface area contributed by atoms with E-state index >= 15 is 0 Å². The standard InChI is InChI=1S/C17H18O3S/c18-16(12-21-10-4-3-7-17(19)20)15-9-8-13-5-1-2-6-14(13)11-15/h1-2,5-6,8-9,11H,3-4,7,10,12H2,(H,19,20). The molecule has 0 aromatic heterocycles. The Morgan fingerprint density at radius 3 is 2.52 bits per heavy atom. The molecule has 0 atom stereocenters. The van der Waals surface area contributed by atoms with Gasteiger partial charge in [0, 0.05) is 12.0 Å². The van der Waals surface area contributed by atoms with Gasteiger partial charge in [-0.3, -0.25) is 9.59 Å². The Morgan fingerprint density at radius 1 is 1.00 bits per heavy atom. The maximum Gasteiger partial charge on any atom is 0.303 e. The number of aliphatic carboxylic acids is 1. The summed E-state index contributed by atoms with van der Waals surface area (Å²) in [5.74, 6) is 0.647. The molecule has 0 aliphatic rings. The Labute approximate surface area is 128 Å². The summed E-state index contributed by atoms with van der Waals surface area (Å²) in [6, 6.07) is 13.8. The molecule has 21 heavy (non-hydrogen) atoms. The second kappa shape index (κ2) is 7.84. The van der Waals surface area contributed by atoms with E-state index in [-0.39, 0.29) is 12.2 Å². The lowest BCUT2D eigenvalue weighted by molar-refractivity contribution is -0.137. The third kappa shape index (κ3) is 4.90. The zero-order valence-electron chi connectivity index (χ0n) is 11.7. The second-order valence-corrected chi connectivity index (χ2v) is 5.99. The molecule has 0 aliphatic carbocycles. The minimum absolute atomic E-state index is 0.129. The first-order valence-electron chi connectivity index (χ1n) is 6.98. The van der Waals surface area contributed by atoms with Crippen molar-refractivity contribution >= 4 is 34.3 Å². The Balaban J connectivity index is 1.80. The number of Topliss-reactive ketones (excluding diaryl/α,β-unsaturated/α-hetero) is 1. The number of rotatable bonds is 8. The van der Waals surface area contributed by atoms with Gasteiger partial charge in [0.05, 0.1) is 5.75 Å². The zero-order chi connectivity index (χ0) is 15.1. The van der Waals surface area contributed by atoms with Gasteiger partial charge >= 0.3 is 5.97 Å². The molecule has 110 valence electrons. The molecule has 0 fully saturated rings. The van der Waals surface area contributed by atoms with Gasteiger partial charge in [-0.25, -0.2) is 0 Å². The Kier molecular flexibility index (Phi) is 5.81. The van der Waals surface area contributed by atoms with Crippen molar-refractivity contribution in [1.29, 1.82) is 0 Å². The van der Waals surface area contributed by atoms with Crippen LogP contribution in [-0.4, -0.2) is 28.4 Å². The van der Waals surface area contributed by atoms with Crippen LogP contribution in [0.2, 0.25) is 0 Å². The molecule has 2 aromatic rings. The van der Waals surface area contributed by atoms with E-state index in [4.69, 9.17) is 5.11 Å². The number of benzene rings is 2. The van der Waals surface area contributed by atoms with Crippen LogP contribution >= 0.6 is 11.8 Å². The molecule has 1 N–H and O–H groups in total. The molecule has 0 amide bonds. The lowest BCUT2D eigenvalue weighted by atomic mass is 10.1. The van der Waals surface area contributed by atoms with Gasteiger partial charge in [0.15, 0.2) is 5.78 Å². The van der Waals surface area contributed by atoms with E-state index in [2.05, 4.69) is 0 Å². The number of ketones is 1. The number of carboxylic acid groups (broad SMARTS) is 1. The smallest absolute Gasteiger partial charge is 0.303 e. The number of fused-ring (bicyclic) bond motifs is 1. The number of hydrogen-bond acceptors (Lipinski definition) is 3. The molecule has 0 spiro atoms. The van der Waals surface area contributed by atoms with Gasteiger partial charge in [-0.1, -0.05) is 36.4 Å². The molecule has 0 unspecified atom stereocenters. The van der Waals surface area contributed by atoms with Crippen LogP contribution in [0, 0.1) is 0 Å². The van der Waals surface area contributed by atoms with Crippen LogP contribution in [0.15, 0.2) is 42.5 Å². The van der Waals surface area contributed by atoms with Gasteiger partial charge in [0.25, 0.3) is 0 Å². The van der Waals surface area contributed by atoms with E-state index in [9.17, 15) is 9.59 Å². The quantitative estimate of drug-likeness (QED) is 0.591. The lowest BCUT2D eigenvalue weighted by Crippen LogP contribution is -2.03. The number of unbranched alkanes of at least 4 members (excludes halogenated alkanes) is 1. The number of thioether (sulfide) groups is 1. The molecule has 2 aromatic carbocycles. The molecule has 2 rings (SSSR count). The van der Waals surface area contributed by atoms with Crippen molar-refractivity contribution in [2.75, 3.05) is 11.5 Å². The Morgan fingerprint density at radius 2 is 1.76 bits per heavy atom. The summed E-state index contributed by atoms with van der Waals surface area (Å²) in [4.78, 5) is 22.5. The zero-order valence-corrected chi connectivity index (χ0v) is 12.6. The summed E-state index contributed by atoms with van der Waals surface area (Å²) in [6.45, 7) is 0. The van der Waals surface area contributed by atoms with Crippen molar-refractivity contribution < 1.29 is 14.7 Å². The fourth-order valence-electron chi connectivity index (χ4n) is 2.09. The predicted molar refractivity (Wildman–Crippen MR) is 87.1 cm³/mol. The van der Waals surface area contributed by atoms with E-state index < -0.39 is 5.97 Å². The summed E-state index contributed by atoms with van der Waals surface area (Å²) in [5.41, 5.74) is 0.742. The Hall–Kier alpha value is -1.81. The van der Waals surface area contributed by atoms with Crippen LogP contribution in [-0.2, 0) is 4.79 Å². The maximum atomic E-state index is 12.1. The van der Waals surface area contributed by atoms with Crippen molar-refractivity contribution in [2.24, 2.45) is 0 Å². The largest absolute Gasteiger partial charge is 0.481 e. The molecule has 0 saturated heterocycles. The highest BCUT2D eigenvalue weighted by molar-refractivity contribution is 7.99. The topological polar surface area (TPSA) is 54.4 Å². The first-order chi connectivity index (χ1) is 10.2. The van der Waals surface area contributed by atoms with Crippen LogP contribution in [0.5, 0.6) is 0 Å². The molecule has 4 heteroatoms. The molecular weight excluding hydrogens is 284 g/mol. The second-order valence-electron chi connectivity index (χ2n) is 4.89. The van der Waals surface area contributed by atoms with Gasteiger partial charge in [-0.2, -0.15) is 11.8 Å². The molecule has 0 saturated carbocycles. The van der Waals surface area contributed by atoms with Crippen LogP contribution in [0.1, 0.15) is 29.6 Å². The molecule has 0 heterocycles. The first-order valence-corrected chi connectivity index (χ1v) is 8.14. The molecule has 0 aliphatic heterocycles. The van der Waals surface area contributed by atoms with E-state index in [0.29, 0.717) is 12.2 Å². The van der Waals surface area contributed by atoms with Crippen molar-refractivity contribution in [3.05, 3.63) is 48.0 Å². The summed E-state index contributed by atoms with van der Waals surface area (Å²) in [6.07, 6.45) is 1.72. The highest BCUT2D eigenvalue weighted by Crippen LogP contribution is 2.17. The van der Waals surface area contributed by atoms with Gasteiger partial charge in [-0.15, -0.1) is 0 Å². The van der Waals surface area contributed by atoms with Crippen LogP contribution in [0.4, 0.5) is 0 Å². The van der Waals surface area contributed by atoms with Gasteiger partial charge in [0.2, 0.25) is 0 Å². The predicted octanol–water partition coefficient (Wildman–Crippen LogP) is 4.01. The molecule has 0 bridgehead atoms. The molecular formula is C17H18O3S. The maximum absolute atomic E-state index is 12.1. The fourth-order valence-corrected chi connectivity index (χ4v) is 3.00. The molecule has 3 nitrogen and oxygen atoms in total. The normalized spacial score (nSPS) is 10.7. The average Bonchev–Trinajstić information content (AvgIpc) is 2.49. The van der Waals surface area contributed by atoms with Crippen molar-refractivity contribution in [2.45, 2.75) is 19.3 Å². The van der Waals surface area contributed by atoms with Crippen molar-refractivity contribution in [3.63, 3.8) is 0 Å². The monoisotopic (exact) mass is 302 g/mol. The van der Waals surface area contributed by atoms with Gasteiger partial charge in [0.1, 0.15) is 0 Å². The summed E-state index contributed by atoms with van der Waals surface area (Å²) < 4.78 is 0. The summed E-state index contributed by atoms with van der Waals surface area (Å²) in [7, 11) is 0. The third-order valence-electron chi connectivity index (χ3n) is 3.23. The van der Waals surface area contributed by atoms with Crippen LogP contribution < -0.4 is 0 Å².